The lowest BCUT2D eigenvalue weighted by molar-refractivity contribution is -0.139. The van der Waals surface area contributed by atoms with Crippen LogP contribution >= 0.6 is 11.6 Å². The van der Waals surface area contributed by atoms with Crippen LogP contribution in [0.3, 0.4) is 0 Å². The molecule has 1 fully saturated rings. The zero-order valence-corrected chi connectivity index (χ0v) is 14.8. The zero-order chi connectivity index (χ0) is 18.2. The first-order valence-corrected chi connectivity index (χ1v) is 8.51. The number of benzene rings is 1. The molecule has 0 spiro atoms. The average Bonchev–Trinajstić information content (AvgIpc) is 2.65. The molecule has 8 heteroatoms. The van der Waals surface area contributed by atoms with E-state index in [1.54, 1.807) is 23.1 Å². The molecule has 0 bridgehead atoms. The van der Waals surface area contributed by atoms with Crippen molar-refractivity contribution < 1.29 is 19.1 Å². The van der Waals surface area contributed by atoms with Gasteiger partial charge in [-0.15, -0.1) is 0 Å². The quantitative estimate of drug-likeness (QED) is 0.790. The van der Waals surface area contributed by atoms with Gasteiger partial charge in [-0.05, 0) is 30.4 Å². The average molecular weight is 368 g/mol. The highest BCUT2D eigenvalue weighted by molar-refractivity contribution is 6.35. The highest BCUT2D eigenvalue weighted by Gasteiger charge is 2.24. The lowest BCUT2D eigenvalue weighted by Crippen LogP contribution is -2.44. The fourth-order valence-corrected chi connectivity index (χ4v) is 2.87. The van der Waals surface area contributed by atoms with Crippen LogP contribution in [0.25, 0.3) is 0 Å². The molecule has 0 aromatic heterocycles. The van der Waals surface area contributed by atoms with Gasteiger partial charge in [-0.25, -0.2) is 4.79 Å². The summed E-state index contributed by atoms with van der Waals surface area (Å²) in [4.78, 5) is 36.8. The topological polar surface area (TPSA) is 87.7 Å². The van der Waals surface area contributed by atoms with Crippen LogP contribution in [0.1, 0.15) is 18.4 Å². The van der Waals surface area contributed by atoms with Crippen molar-refractivity contribution in [1.29, 1.82) is 0 Å². The van der Waals surface area contributed by atoms with Gasteiger partial charge in [0.1, 0.15) is 0 Å². The van der Waals surface area contributed by atoms with Gasteiger partial charge < -0.3 is 20.3 Å². The van der Waals surface area contributed by atoms with Crippen LogP contribution < -0.4 is 10.6 Å². The molecule has 1 saturated heterocycles. The number of methoxy groups -OCH3 is 1. The van der Waals surface area contributed by atoms with Crippen LogP contribution in [0, 0.1) is 5.92 Å². The fourth-order valence-electron chi connectivity index (χ4n) is 2.66. The first kappa shape index (κ1) is 19.1. The molecule has 0 saturated carbocycles. The number of hydrogen-bond donors (Lipinski definition) is 2. The molecule has 7 nitrogen and oxygen atoms in total. The maximum Gasteiger partial charge on any atom is 0.409 e. The number of nitrogens with zero attached hydrogens (tertiary/aromatic N) is 1. The maximum atomic E-state index is 11.9. The van der Waals surface area contributed by atoms with Crippen molar-refractivity contribution in [3.8, 4) is 0 Å². The Morgan fingerprint density at radius 1 is 1.16 bits per heavy atom. The predicted molar refractivity (Wildman–Crippen MR) is 93.0 cm³/mol. The Bertz CT molecular complexity index is 630. The van der Waals surface area contributed by atoms with Gasteiger partial charge in [-0.2, -0.15) is 0 Å². The molecule has 1 aromatic carbocycles. The van der Waals surface area contributed by atoms with Gasteiger partial charge in [-0.3, -0.25) is 9.59 Å². The summed E-state index contributed by atoms with van der Waals surface area (Å²) in [5.74, 6) is -1.12. The third kappa shape index (κ3) is 5.63. The lowest BCUT2D eigenvalue weighted by Gasteiger charge is -2.30. The van der Waals surface area contributed by atoms with Gasteiger partial charge >= 0.3 is 17.9 Å². The van der Waals surface area contributed by atoms with Crippen LogP contribution in [0.15, 0.2) is 24.3 Å². The number of amides is 3. The molecule has 0 radical (unpaired) electrons. The van der Waals surface area contributed by atoms with Crippen molar-refractivity contribution >= 4 is 29.5 Å². The summed E-state index contributed by atoms with van der Waals surface area (Å²) >= 11 is 6.01. The van der Waals surface area contributed by atoms with Crippen molar-refractivity contribution in [3.05, 3.63) is 34.9 Å². The molecule has 1 aliphatic rings. The molecule has 25 heavy (non-hydrogen) atoms. The summed E-state index contributed by atoms with van der Waals surface area (Å²) in [6, 6.07) is 7.12. The van der Waals surface area contributed by atoms with Crippen molar-refractivity contribution in [2.75, 3.05) is 26.7 Å². The largest absolute Gasteiger partial charge is 0.453 e. The number of carbonyl (C=O) groups is 3. The van der Waals surface area contributed by atoms with E-state index in [1.165, 1.54) is 7.11 Å². The highest BCUT2D eigenvalue weighted by atomic mass is 35.5. The van der Waals surface area contributed by atoms with Crippen LogP contribution in [-0.4, -0.2) is 49.6 Å². The number of likely N-dealkylation sites (tertiary alicyclic amines) is 1. The van der Waals surface area contributed by atoms with E-state index in [1.807, 2.05) is 6.07 Å². The first-order chi connectivity index (χ1) is 12.0. The molecule has 136 valence electrons. The monoisotopic (exact) mass is 367 g/mol. The summed E-state index contributed by atoms with van der Waals surface area (Å²) < 4.78 is 4.68. The molecule has 0 unspecified atom stereocenters. The Balaban J connectivity index is 1.69. The lowest BCUT2D eigenvalue weighted by atomic mass is 9.97. The van der Waals surface area contributed by atoms with E-state index in [9.17, 15) is 14.4 Å². The minimum atomic E-state index is -0.688. The van der Waals surface area contributed by atoms with Crippen molar-refractivity contribution in [1.82, 2.24) is 15.5 Å². The Kier molecular flexibility index (Phi) is 7.06. The number of halogens is 1. The Morgan fingerprint density at radius 2 is 1.80 bits per heavy atom. The molecule has 0 atom stereocenters. The van der Waals surface area contributed by atoms with Gasteiger partial charge in [-0.1, -0.05) is 29.8 Å². The van der Waals surface area contributed by atoms with Gasteiger partial charge in [0.2, 0.25) is 0 Å². The summed E-state index contributed by atoms with van der Waals surface area (Å²) in [6.07, 6.45) is 1.19. The minimum absolute atomic E-state index is 0.198. The maximum absolute atomic E-state index is 11.9. The zero-order valence-electron chi connectivity index (χ0n) is 14.1. The smallest absolute Gasteiger partial charge is 0.409 e. The number of carbonyl (C=O) groups excluding carboxylic acids is 3. The third-order valence-corrected chi connectivity index (χ3v) is 4.57. The van der Waals surface area contributed by atoms with Crippen LogP contribution in [-0.2, 0) is 20.9 Å². The molecule has 1 aromatic rings. The normalized spacial score (nSPS) is 14.7. The molecule has 2 rings (SSSR count). The molecule has 2 N–H and O–H groups in total. The number of hydrogen-bond acceptors (Lipinski definition) is 4. The fraction of sp³-hybridized carbons (Fsp3) is 0.471. The first-order valence-electron chi connectivity index (χ1n) is 8.13. The number of nitrogens with one attached hydrogen (secondary N) is 2. The van der Waals surface area contributed by atoms with Crippen LogP contribution in [0.5, 0.6) is 0 Å². The van der Waals surface area contributed by atoms with Gasteiger partial charge in [0.05, 0.1) is 7.11 Å². The van der Waals surface area contributed by atoms with Crippen LogP contribution in [0.2, 0.25) is 5.02 Å². The number of ether oxygens (including phenoxy) is 1. The molecule has 1 aliphatic heterocycles. The van der Waals surface area contributed by atoms with E-state index in [-0.39, 0.29) is 18.6 Å². The third-order valence-electron chi connectivity index (χ3n) is 4.20. The van der Waals surface area contributed by atoms with Gasteiger partial charge in [0.25, 0.3) is 0 Å². The summed E-state index contributed by atoms with van der Waals surface area (Å²) in [5, 5.41) is 5.74. The SMILES string of the molecule is COC(=O)N1CCC(CNC(=O)C(=O)NCc2ccccc2Cl)CC1. The molecule has 1 heterocycles. The standard InChI is InChI=1S/C17H22ClN3O4/c1-25-17(24)21-8-6-12(7-9-21)10-19-15(22)16(23)20-11-13-4-2-3-5-14(13)18/h2-5,12H,6-11H2,1H3,(H,19,22)(H,20,23). The Labute approximate surface area is 151 Å². The second-order valence-corrected chi connectivity index (χ2v) is 6.29. The number of rotatable bonds is 4. The van der Waals surface area contributed by atoms with Gasteiger partial charge in [0, 0.05) is 31.2 Å². The van der Waals surface area contributed by atoms with E-state index >= 15 is 0 Å². The highest BCUT2D eigenvalue weighted by Crippen LogP contribution is 2.17. The van der Waals surface area contributed by atoms with Crippen molar-refractivity contribution in [2.45, 2.75) is 19.4 Å². The van der Waals surface area contributed by atoms with E-state index in [0.717, 1.165) is 18.4 Å². The summed E-state index contributed by atoms with van der Waals surface area (Å²) in [6.45, 7) is 1.79. The Morgan fingerprint density at radius 3 is 2.44 bits per heavy atom. The van der Waals surface area contributed by atoms with E-state index in [0.29, 0.717) is 24.7 Å². The minimum Gasteiger partial charge on any atom is -0.453 e. The molecular formula is C17H22ClN3O4. The van der Waals surface area contributed by atoms with E-state index in [2.05, 4.69) is 15.4 Å². The van der Waals surface area contributed by atoms with Crippen molar-refractivity contribution in [2.24, 2.45) is 5.92 Å². The van der Waals surface area contributed by atoms with Gasteiger partial charge in [0.15, 0.2) is 0 Å². The van der Waals surface area contributed by atoms with E-state index < -0.39 is 11.8 Å². The molecular weight excluding hydrogens is 346 g/mol. The predicted octanol–water partition coefficient (Wildman–Crippen LogP) is 1.55. The second-order valence-electron chi connectivity index (χ2n) is 5.88. The molecule has 3 amide bonds. The second kappa shape index (κ2) is 9.27. The van der Waals surface area contributed by atoms with Crippen molar-refractivity contribution in [3.63, 3.8) is 0 Å². The molecule has 0 aliphatic carbocycles. The van der Waals surface area contributed by atoms with Crippen LogP contribution in [0.4, 0.5) is 4.79 Å². The Hall–Kier alpha value is -2.28. The summed E-state index contributed by atoms with van der Waals surface area (Å²) in [7, 11) is 1.36. The summed E-state index contributed by atoms with van der Waals surface area (Å²) in [5.41, 5.74) is 0.750. The van der Waals surface area contributed by atoms with E-state index in [4.69, 9.17) is 11.6 Å². The number of piperidine rings is 1.